The first-order chi connectivity index (χ1) is 18.5. The van der Waals surface area contributed by atoms with E-state index in [1.807, 2.05) is 18.2 Å². The van der Waals surface area contributed by atoms with Gasteiger partial charge in [0.05, 0.1) is 6.54 Å². The SMILES string of the molecule is CCCCCCCCCCCCNC1CCCN(S(=O)(=O)c2ccc(CNC(=O)c3ccccc3)s2)CC1. The summed E-state index contributed by atoms with van der Waals surface area (Å²) in [4.78, 5) is 13.1. The average molecular weight is 562 g/mol. The zero-order valence-electron chi connectivity index (χ0n) is 23.1. The van der Waals surface area contributed by atoms with Crippen molar-refractivity contribution in [3.63, 3.8) is 0 Å². The van der Waals surface area contributed by atoms with Gasteiger partial charge in [-0.2, -0.15) is 4.31 Å². The third kappa shape index (κ3) is 10.4. The summed E-state index contributed by atoms with van der Waals surface area (Å²) in [6.07, 6.45) is 16.1. The van der Waals surface area contributed by atoms with Crippen molar-refractivity contribution in [3.8, 4) is 0 Å². The van der Waals surface area contributed by atoms with Gasteiger partial charge in [0.25, 0.3) is 15.9 Å². The number of benzene rings is 1. The highest BCUT2D eigenvalue weighted by Crippen LogP contribution is 2.27. The second-order valence-corrected chi connectivity index (χ2v) is 13.8. The minimum atomic E-state index is -3.51. The molecule has 1 aromatic carbocycles. The van der Waals surface area contributed by atoms with Crippen molar-refractivity contribution in [1.82, 2.24) is 14.9 Å². The van der Waals surface area contributed by atoms with Gasteiger partial charge < -0.3 is 10.6 Å². The number of nitrogens with zero attached hydrogens (tertiary/aromatic N) is 1. The Morgan fingerprint density at radius 1 is 0.895 bits per heavy atom. The number of hydrogen-bond acceptors (Lipinski definition) is 5. The van der Waals surface area contributed by atoms with Gasteiger partial charge in [-0.1, -0.05) is 82.9 Å². The van der Waals surface area contributed by atoms with Gasteiger partial charge in [0, 0.05) is 29.6 Å². The van der Waals surface area contributed by atoms with Gasteiger partial charge in [-0.3, -0.25) is 4.79 Å². The van der Waals surface area contributed by atoms with E-state index >= 15 is 0 Å². The molecule has 0 radical (unpaired) electrons. The molecule has 212 valence electrons. The first-order valence-electron chi connectivity index (χ1n) is 14.7. The third-order valence-corrected chi connectivity index (χ3v) is 10.8. The molecule has 1 aliphatic heterocycles. The molecular formula is C30H47N3O3S2. The van der Waals surface area contributed by atoms with Crippen LogP contribution in [0, 0.1) is 0 Å². The van der Waals surface area contributed by atoms with Gasteiger partial charge in [-0.15, -0.1) is 11.3 Å². The van der Waals surface area contributed by atoms with E-state index in [4.69, 9.17) is 0 Å². The minimum absolute atomic E-state index is 0.160. The number of nitrogens with one attached hydrogen (secondary N) is 2. The molecule has 1 amide bonds. The number of hydrogen-bond donors (Lipinski definition) is 2. The first kappa shape index (κ1) is 30.8. The molecule has 3 rings (SSSR count). The summed E-state index contributed by atoms with van der Waals surface area (Å²) < 4.78 is 28.6. The molecule has 8 heteroatoms. The number of carbonyl (C=O) groups excluding carboxylic acids is 1. The Kier molecular flexibility index (Phi) is 13.8. The van der Waals surface area contributed by atoms with Crippen LogP contribution < -0.4 is 10.6 Å². The smallest absolute Gasteiger partial charge is 0.252 e. The summed E-state index contributed by atoms with van der Waals surface area (Å²) in [5, 5.41) is 6.56. The fourth-order valence-electron chi connectivity index (χ4n) is 5.01. The maximum absolute atomic E-state index is 13.3. The highest BCUT2D eigenvalue weighted by molar-refractivity contribution is 7.91. The van der Waals surface area contributed by atoms with Crippen LogP contribution in [0.15, 0.2) is 46.7 Å². The molecule has 6 nitrogen and oxygen atoms in total. The van der Waals surface area contributed by atoms with Crippen molar-refractivity contribution in [2.45, 2.75) is 107 Å². The summed E-state index contributed by atoms with van der Waals surface area (Å²) in [7, 11) is -3.51. The van der Waals surface area contributed by atoms with Crippen LogP contribution in [0.1, 0.15) is 106 Å². The molecule has 0 saturated carbocycles. The fraction of sp³-hybridized carbons (Fsp3) is 0.633. The van der Waals surface area contributed by atoms with E-state index < -0.39 is 10.0 Å². The fourth-order valence-corrected chi connectivity index (χ4v) is 7.95. The van der Waals surface area contributed by atoms with Crippen LogP contribution >= 0.6 is 11.3 Å². The predicted octanol–water partition coefficient (Wildman–Crippen LogP) is 6.73. The van der Waals surface area contributed by atoms with Crippen LogP contribution in [0.2, 0.25) is 0 Å². The molecule has 2 aromatic rings. The molecule has 38 heavy (non-hydrogen) atoms. The van der Waals surface area contributed by atoms with E-state index in [-0.39, 0.29) is 5.91 Å². The summed E-state index contributed by atoms with van der Waals surface area (Å²) >= 11 is 1.25. The van der Waals surface area contributed by atoms with Gasteiger partial charge in [0.1, 0.15) is 4.21 Å². The van der Waals surface area contributed by atoms with E-state index in [0.29, 0.717) is 35.4 Å². The predicted molar refractivity (Wildman–Crippen MR) is 158 cm³/mol. The normalized spacial score (nSPS) is 16.8. The summed E-state index contributed by atoms with van der Waals surface area (Å²) in [5.41, 5.74) is 0.595. The summed E-state index contributed by atoms with van der Waals surface area (Å²) in [6, 6.07) is 12.9. The van der Waals surface area contributed by atoms with Gasteiger partial charge in [0.2, 0.25) is 0 Å². The third-order valence-electron chi connectivity index (χ3n) is 7.34. The minimum Gasteiger partial charge on any atom is -0.347 e. The van der Waals surface area contributed by atoms with Gasteiger partial charge in [-0.05, 0) is 56.5 Å². The van der Waals surface area contributed by atoms with Crippen molar-refractivity contribution in [2.75, 3.05) is 19.6 Å². The second-order valence-electron chi connectivity index (χ2n) is 10.4. The Bertz CT molecular complexity index is 1040. The number of unbranched alkanes of at least 4 members (excludes halogenated alkanes) is 9. The van der Waals surface area contributed by atoms with Crippen LogP contribution in [-0.2, 0) is 16.6 Å². The van der Waals surface area contributed by atoms with E-state index in [0.717, 1.165) is 30.7 Å². The quantitative estimate of drug-likeness (QED) is 0.210. The molecule has 0 spiro atoms. The topological polar surface area (TPSA) is 78.5 Å². The monoisotopic (exact) mass is 561 g/mol. The molecule has 1 unspecified atom stereocenters. The standard InChI is InChI=1S/C30H47N3O3S2/c1-2-3-4-5-6-7-8-9-10-14-22-31-27-18-15-23-33(24-21-27)38(35,36)29-20-19-28(37-29)25-32-30(34)26-16-12-11-13-17-26/h11-13,16-17,19-20,27,31H,2-10,14-15,18,21-25H2,1H3,(H,32,34). The van der Waals surface area contributed by atoms with Crippen molar-refractivity contribution >= 4 is 27.3 Å². The number of rotatable bonds is 17. The molecule has 2 N–H and O–H groups in total. The van der Waals surface area contributed by atoms with Crippen LogP contribution in [0.3, 0.4) is 0 Å². The number of amides is 1. The zero-order chi connectivity index (χ0) is 27.1. The Labute approximate surface area is 234 Å². The summed E-state index contributed by atoms with van der Waals surface area (Å²) in [6.45, 7) is 4.72. The maximum atomic E-state index is 13.3. The van der Waals surface area contributed by atoms with Crippen LogP contribution in [0.5, 0.6) is 0 Å². The van der Waals surface area contributed by atoms with Crippen molar-refractivity contribution < 1.29 is 13.2 Å². The lowest BCUT2D eigenvalue weighted by atomic mass is 10.1. The molecule has 1 aromatic heterocycles. The van der Waals surface area contributed by atoms with Crippen LogP contribution in [0.4, 0.5) is 0 Å². The molecule has 1 fully saturated rings. The number of carbonyl (C=O) groups is 1. The Hall–Kier alpha value is -1.74. The summed E-state index contributed by atoms with van der Waals surface area (Å²) in [5.74, 6) is -0.160. The van der Waals surface area contributed by atoms with Gasteiger partial charge in [0.15, 0.2) is 0 Å². The van der Waals surface area contributed by atoms with Crippen LogP contribution in [-0.4, -0.2) is 44.3 Å². The Balaban J connectivity index is 1.34. The number of sulfonamides is 1. The zero-order valence-corrected chi connectivity index (χ0v) is 24.8. The van der Waals surface area contributed by atoms with Gasteiger partial charge >= 0.3 is 0 Å². The average Bonchev–Trinajstić information content (AvgIpc) is 3.29. The van der Waals surface area contributed by atoms with E-state index in [9.17, 15) is 13.2 Å². The molecule has 0 aliphatic carbocycles. The first-order valence-corrected chi connectivity index (χ1v) is 16.9. The highest BCUT2D eigenvalue weighted by Gasteiger charge is 2.28. The lowest BCUT2D eigenvalue weighted by Crippen LogP contribution is -2.34. The van der Waals surface area contributed by atoms with E-state index in [1.165, 1.54) is 75.5 Å². The van der Waals surface area contributed by atoms with Gasteiger partial charge in [-0.25, -0.2) is 8.42 Å². The van der Waals surface area contributed by atoms with E-state index in [2.05, 4.69) is 17.6 Å². The van der Waals surface area contributed by atoms with Crippen molar-refractivity contribution in [2.24, 2.45) is 0 Å². The van der Waals surface area contributed by atoms with E-state index in [1.54, 1.807) is 28.6 Å². The largest absolute Gasteiger partial charge is 0.347 e. The Morgan fingerprint density at radius 3 is 2.29 bits per heavy atom. The molecule has 2 heterocycles. The lowest BCUT2D eigenvalue weighted by Gasteiger charge is -2.19. The van der Waals surface area contributed by atoms with Crippen LogP contribution in [0.25, 0.3) is 0 Å². The van der Waals surface area contributed by atoms with Crippen molar-refractivity contribution in [3.05, 3.63) is 52.9 Å². The highest BCUT2D eigenvalue weighted by atomic mass is 32.2. The molecule has 1 saturated heterocycles. The Morgan fingerprint density at radius 2 is 1.58 bits per heavy atom. The molecule has 0 bridgehead atoms. The molecule has 1 atom stereocenters. The molecular weight excluding hydrogens is 514 g/mol. The molecule has 1 aliphatic rings. The van der Waals surface area contributed by atoms with Crippen molar-refractivity contribution in [1.29, 1.82) is 0 Å². The second kappa shape index (κ2) is 17.1. The lowest BCUT2D eigenvalue weighted by molar-refractivity contribution is 0.0951. The maximum Gasteiger partial charge on any atom is 0.252 e. The number of thiophene rings is 1.